The molecule has 0 aliphatic heterocycles. The van der Waals surface area contributed by atoms with Crippen LogP contribution in [0.15, 0.2) is 4.52 Å². The molecule has 0 spiro atoms. The van der Waals surface area contributed by atoms with Gasteiger partial charge in [-0.15, -0.1) is 0 Å². The van der Waals surface area contributed by atoms with Crippen LogP contribution in [0, 0.1) is 11.3 Å². The van der Waals surface area contributed by atoms with Gasteiger partial charge < -0.3 is 10.3 Å². The Labute approximate surface area is 116 Å². The standard InChI is InChI=1S/C13H22F3N3O/c1-12(2,3)9(6-7-17)4-5-11-18-10(19-20-11)8-13(14,15)16/h9H,4-8,17H2,1-3H3. The van der Waals surface area contributed by atoms with Gasteiger partial charge >= 0.3 is 6.18 Å². The highest BCUT2D eigenvalue weighted by molar-refractivity contribution is 4.90. The van der Waals surface area contributed by atoms with Crippen LogP contribution < -0.4 is 5.73 Å². The quantitative estimate of drug-likeness (QED) is 0.875. The van der Waals surface area contributed by atoms with Crippen LogP contribution in [0.25, 0.3) is 0 Å². The minimum atomic E-state index is -4.31. The smallest absolute Gasteiger partial charge is 0.339 e. The van der Waals surface area contributed by atoms with Gasteiger partial charge in [-0.05, 0) is 30.7 Å². The van der Waals surface area contributed by atoms with Crippen molar-refractivity contribution in [1.29, 1.82) is 0 Å². The lowest BCUT2D eigenvalue weighted by molar-refractivity contribution is -0.128. The van der Waals surface area contributed by atoms with Crippen molar-refractivity contribution in [3.05, 3.63) is 11.7 Å². The Bertz CT molecular complexity index is 410. The molecule has 1 rings (SSSR count). The first-order valence-corrected chi connectivity index (χ1v) is 6.70. The third kappa shape index (κ3) is 5.90. The summed E-state index contributed by atoms with van der Waals surface area (Å²) in [4.78, 5) is 3.78. The first-order chi connectivity index (χ1) is 9.12. The molecule has 1 aromatic heterocycles. The van der Waals surface area contributed by atoms with Crippen molar-refractivity contribution in [3.8, 4) is 0 Å². The van der Waals surface area contributed by atoms with E-state index in [9.17, 15) is 13.2 Å². The van der Waals surface area contributed by atoms with Gasteiger partial charge in [-0.25, -0.2) is 0 Å². The number of nitrogens with zero attached hydrogens (tertiary/aromatic N) is 2. The second kappa shape index (κ2) is 6.56. The molecule has 0 aliphatic carbocycles. The molecule has 2 N–H and O–H groups in total. The van der Waals surface area contributed by atoms with Gasteiger partial charge in [-0.3, -0.25) is 0 Å². The molecule has 0 radical (unpaired) electrons. The van der Waals surface area contributed by atoms with Gasteiger partial charge in [0.15, 0.2) is 5.82 Å². The number of alkyl halides is 3. The lowest BCUT2D eigenvalue weighted by atomic mass is 9.76. The fraction of sp³-hybridized carbons (Fsp3) is 0.846. The Balaban J connectivity index is 2.56. The fourth-order valence-electron chi connectivity index (χ4n) is 2.15. The number of halogens is 3. The summed E-state index contributed by atoms with van der Waals surface area (Å²) >= 11 is 0. The molecule has 0 saturated carbocycles. The predicted molar refractivity (Wildman–Crippen MR) is 69.0 cm³/mol. The van der Waals surface area contributed by atoms with Crippen LogP contribution in [0.4, 0.5) is 13.2 Å². The molecule has 0 amide bonds. The topological polar surface area (TPSA) is 64.9 Å². The first-order valence-electron chi connectivity index (χ1n) is 6.70. The summed E-state index contributed by atoms with van der Waals surface area (Å²) in [5.74, 6) is 0.319. The molecule has 116 valence electrons. The Morgan fingerprint density at radius 1 is 1.20 bits per heavy atom. The monoisotopic (exact) mass is 293 g/mol. The molecule has 1 heterocycles. The lowest BCUT2D eigenvalue weighted by Gasteiger charge is -2.30. The number of hydrogen-bond acceptors (Lipinski definition) is 4. The third-order valence-corrected chi connectivity index (χ3v) is 3.32. The van der Waals surface area contributed by atoms with Crippen LogP contribution in [0.2, 0.25) is 0 Å². The number of aryl methyl sites for hydroxylation is 1. The van der Waals surface area contributed by atoms with Gasteiger partial charge in [0.25, 0.3) is 0 Å². The van der Waals surface area contributed by atoms with Crippen molar-refractivity contribution in [3.63, 3.8) is 0 Å². The van der Waals surface area contributed by atoms with Crippen LogP contribution in [0.1, 0.15) is 45.3 Å². The summed E-state index contributed by atoms with van der Waals surface area (Å²) < 4.78 is 41.4. The minimum absolute atomic E-state index is 0.0915. The Morgan fingerprint density at radius 2 is 1.85 bits per heavy atom. The van der Waals surface area contributed by atoms with E-state index in [-0.39, 0.29) is 17.1 Å². The first kappa shape index (κ1) is 16.9. The molecule has 1 atom stereocenters. The highest BCUT2D eigenvalue weighted by Gasteiger charge is 2.31. The van der Waals surface area contributed by atoms with Gasteiger partial charge in [0.1, 0.15) is 6.42 Å². The van der Waals surface area contributed by atoms with Crippen LogP contribution in [-0.2, 0) is 12.8 Å². The van der Waals surface area contributed by atoms with Crippen LogP contribution >= 0.6 is 0 Å². The number of nitrogens with two attached hydrogens (primary N) is 1. The molecule has 7 heteroatoms. The van der Waals surface area contributed by atoms with E-state index in [4.69, 9.17) is 10.3 Å². The summed E-state index contributed by atoms with van der Waals surface area (Å²) in [5.41, 5.74) is 5.68. The second-order valence-electron chi connectivity index (χ2n) is 6.08. The average Bonchev–Trinajstić information content (AvgIpc) is 2.67. The largest absolute Gasteiger partial charge is 0.396 e. The Kier molecular flexibility index (Phi) is 5.56. The van der Waals surface area contributed by atoms with E-state index < -0.39 is 12.6 Å². The minimum Gasteiger partial charge on any atom is -0.339 e. The maximum Gasteiger partial charge on any atom is 0.396 e. The van der Waals surface area contributed by atoms with Crippen LogP contribution in [-0.4, -0.2) is 22.9 Å². The van der Waals surface area contributed by atoms with Crippen LogP contribution in [0.5, 0.6) is 0 Å². The maximum absolute atomic E-state index is 12.2. The second-order valence-corrected chi connectivity index (χ2v) is 6.08. The zero-order chi connectivity index (χ0) is 15.4. The summed E-state index contributed by atoms with van der Waals surface area (Å²) in [6.45, 7) is 6.95. The normalized spacial score (nSPS) is 14.6. The molecule has 0 aromatic carbocycles. The van der Waals surface area contributed by atoms with Crippen molar-refractivity contribution in [2.24, 2.45) is 17.1 Å². The van der Waals surface area contributed by atoms with E-state index in [1.54, 1.807) is 0 Å². The Morgan fingerprint density at radius 3 is 2.35 bits per heavy atom. The van der Waals surface area contributed by atoms with Crippen molar-refractivity contribution in [2.75, 3.05) is 6.54 Å². The predicted octanol–water partition coefficient (Wildman–Crippen LogP) is 3.12. The highest BCUT2D eigenvalue weighted by atomic mass is 19.4. The molecule has 0 aliphatic rings. The van der Waals surface area contributed by atoms with Crippen molar-refractivity contribution in [1.82, 2.24) is 10.1 Å². The molecular weight excluding hydrogens is 271 g/mol. The zero-order valence-corrected chi connectivity index (χ0v) is 12.1. The SMILES string of the molecule is CC(C)(C)C(CCN)CCc1nc(CC(F)(F)F)no1. The number of aromatic nitrogens is 2. The van der Waals surface area contributed by atoms with E-state index in [2.05, 4.69) is 30.9 Å². The lowest BCUT2D eigenvalue weighted by Crippen LogP contribution is -2.24. The van der Waals surface area contributed by atoms with Gasteiger partial charge in [-0.2, -0.15) is 18.2 Å². The number of hydrogen-bond donors (Lipinski definition) is 1. The van der Waals surface area contributed by atoms with E-state index >= 15 is 0 Å². The average molecular weight is 293 g/mol. The van der Waals surface area contributed by atoms with Gasteiger partial charge in [0.05, 0.1) is 0 Å². The molecular formula is C13H22F3N3O. The van der Waals surface area contributed by atoms with Gasteiger partial charge in [0, 0.05) is 6.42 Å². The van der Waals surface area contributed by atoms with E-state index in [0.717, 1.165) is 12.8 Å². The molecule has 20 heavy (non-hydrogen) atoms. The number of rotatable bonds is 6. The van der Waals surface area contributed by atoms with Crippen molar-refractivity contribution < 1.29 is 17.7 Å². The summed E-state index contributed by atoms with van der Waals surface area (Å²) in [6.07, 6.45) is -3.34. The maximum atomic E-state index is 12.2. The molecule has 1 unspecified atom stereocenters. The Hall–Kier alpha value is -1.11. The molecule has 0 fully saturated rings. The van der Waals surface area contributed by atoms with Gasteiger partial charge in [-0.1, -0.05) is 25.9 Å². The zero-order valence-electron chi connectivity index (χ0n) is 12.1. The molecule has 1 aromatic rings. The summed E-state index contributed by atoms with van der Waals surface area (Å²) in [5, 5.41) is 3.36. The fourth-order valence-corrected chi connectivity index (χ4v) is 2.15. The van der Waals surface area contributed by atoms with E-state index in [1.807, 2.05) is 0 Å². The molecule has 0 saturated heterocycles. The van der Waals surface area contributed by atoms with Crippen molar-refractivity contribution in [2.45, 2.75) is 52.6 Å². The van der Waals surface area contributed by atoms with E-state index in [1.165, 1.54) is 0 Å². The highest BCUT2D eigenvalue weighted by Crippen LogP contribution is 2.32. The summed E-state index contributed by atoms with van der Waals surface area (Å²) in [6, 6.07) is 0. The van der Waals surface area contributed by atoms with Gasteiger partial charge in [0.2, 0.25) is 5.89 Å². The van der Waals surface area contributed by atoms with Crippen molar-refractivity contribution >= 4 is 0 Å². The summed E-state index contributed by atoms with van der Waals surface area (Å²) in [7, 11) is 0. The molecule has 4 nitrogen and oxygen atoms in total. The van der Waals surface area contributed by atoms with Crippen LogP contribution in [0.3, 0.4) is 0 Å². The molecule has 0 bridgehead atoms. The third-order valence-electron chi connectivity index (χ3n) is 3.32. The van der Waals surface area contributed by atoms with E-state index in [0.29, 0.717) is 18.9 Å².